The molecule has 1 aromatic carbocycles. The van der Waals surface area contributed by atoms with Gasteiger partial charge in [0.15, 0.2) is 5.78 Å². The molecule has 3 atom stereocenters. The van der Waals surface area contributed by atoms with Crippen molar-refractivity contribution in [2.45, 2.75) is 62.8 Å². The molecule has 4 fully saturated rings. The first-order valence-corrected chi connectivity index (χ1v) is 13.0. The van der Waals surface area contributed by atoms with E-state index in [1.54, 1.807) is 4.90 Å². The highest BCUT2D eigenvalue weighted by atomic mass is 16.5. The number of rotatable bonds is 6. The van der Waals surface area contributed by atoms with Crippen LogP contribution in [-0.2, 0) is 14.3 Å². The maximum Gasteiger partial charge on any atom is 0.252 e. The first kappa shape index (κ1) is 24.2. The Balaban J connectivity index is 1.26. The van der Waals surface area contributed by atoms with E-state index in [9.17, 15) is 14.4 Å². The van der Waals surface area contributed by atoms with Gasteiger partial charge in [-0.15, -0.1) is 0 Å². The number of nitrogens with two attached hydrogens (primary N) is 1. The zero-order chi connectivity index (χ0) is 24.6. The molecule has 1 aliphatic carbocycles. The summed E-state index contributed by atoms with van der Waals surface area (Å²) in [5.41, 5.74) is 6.83. The van der Waals surface area contributed by atoms with Gasteiger partial charge < -0.3 is 25.6 Å². The predicted octanol–water partition coefficient (Wildman–Crippen LogP) is 0.767. The molecule has 2 amide bonds. The van der Waals surface area contributed by atoms with Gasteiger partial charge in [0.2, 0.25) is 5.91 Å². The van der Waals surface area contributed by atoms with Gasteiger partial charge in [0.05, 0.1) is 6.04 Å². The fourth-order valence-electron chi connectivity index (χ4n) is 6.21. The molecule has 0 bridgehead atoms. The minimum atomic E-state index is -0.997. The summed E-state index contributed by atoms with van der Waals surface area (Å²) in [5.74, 6) is -0.567. The first-order valence-electron chi connectivity index (χ1n) is 13.0. The Morgan fingerprint density at radius 2 is 1.80 bits per heavy atom. The molecule has 190 valence electrons. The van der Waals surface area contributed by atoms with Crippen molar-refractivity contribution in [2.75, 3.05) is 50.8 Å². The summed E-state index contributed by atoms with van der Waals surface area (Å²) in [4.78, 5) is 45.8. The maximum atomic E-state index is 13.7. The summed E-state index contributed by atoms with van der Waals surface area (Å²) < 4.78 is 5.54. The Hall–Kier alpha value is -2.49. The molecule has 35 heavy (non-hydrogen) atoms. The van der Waals surface area contributed by atoms with Crippen LogP contribution in [0, 0.1) is 0 Å². The van der Waals surface area contributed by atoms with E-state index in [2.05, 4.69) is 22.0 Å². The van der Waals surface area contributed by atoms with E-state index in [0.29, 0.717) is 18.4 Å². The van der Waals surface area contributed by atoms with Crippen molar-refractivity contribution in [3.63, 3.8) is 0 Å². The van der Waals surface area contributed by atoms with Crippen LogP contribution in [0.1, 0.15) is 49.4 Å². The summed E-state index contributed by atoms with van der Waals surface area (Å²) in [6.45, 7) is 7.67. The topological polar surface area (TPSA) is 108 Å². The molecule has 0 spiro atoms. The smallest absolute Gasteiger partial charge is 0.252 e. The summed E-state index contributed by atoms with van der Waals surface area (Å²) in [6.07, 6.45) is 3.56. The fraction of sp³-hybridized carbons (Fsp3) is 0.654. The second-order valence-electron chi connectivity index (χ2n) is 10.4. The van der Waals surface area contributed by atoms with Gasteiger partial charge in [-0.2, -0.15) is 0 Å². The highest BCUT2D eigenvalue weighted by molar-refractivity contribution is 6.01. The van der Waals surface area contributed by atoms with Crippen molar-refractivity contribution < 1.29 is 19.1 Å². The Kier molecular flexibility index (Phi) is 6.83. The van der Waals surface area contributed by atoms with Gasteiger partial charge in [-0.05, 0) is 50.1 Å². The van der Waals surface area contributed by atoms with Crippen LogP contribution in [0.4, 0.5) is 5.69 Å². The van der Waals surface area contributed by atoms with Crippen LogP contribution >= 0.6 is 0 Å². The van der Waals surface area contributed by atoms with E-state index in [-0.39, 0.29) is 36.8 Å². The van der Waals surface area contributed by atoms with Crippen LogP contribution in [0.3, 0.4) is 0 Å². The number of ketones is 1. The number of benzene rings is 1. The van der Waals surface area contributed by atoms with E-state index in [1.807, 2.05) is 24.3 Å². The number of fused-ring (bicyclic) bond motifs is 1. The Bertz CT molecular complexity index is 953. The fourth-order valence-corrected chi connectivity index (χ4v) is 6.21. The Labute approximate surface area is 206 Å². The number of carbonyl (C=O) groups excluding carboxylic acids is 3. The molecule has 3 saturated heterocycles. The highest BCUT2D eigenvalue weighted by Crippen LogP contribution is 2.36. The lowest BCUT2D eigenvalue weighted by Crippen LogP contribution is -2.60. The number of piperazine rings is 1. The van der Waals surface area contributed by atoms with Gasteiger partial charge in [-0.1, -0.05) is 19.8 Å². The number of hydrogen-bond acceptors (Lipinski definition) is 7. The number of nitrogens with zero attached hydrogens (tertiary/aromatic N) is 3. The van der Waals surface area contributed by atoms with Crippen LogP contribution in [0.5, 0.6) is 0 Å². The molecular formula is C26H37N5O4. The molecule has 3 aliphatic heterocycles. The van der Waals surface area contributed by atoms with Gasteiger partial charge in [0, 0.05) is 44.0 Å². The summed E-state index contributed by atoms with van der Waals surface area (Å²) in [5, 5.41) is 3.07. The van der Waals surface area contributed by atoms with E-state index in [1.165, 1.54) is 6.42 Å². The number of ether oxygens (including phenoxy) is 1. The van der Waals surface area contributed by atoms with Gasteiger partial charge in [0.1, 0.15) is 24.3 Å². The molecule has 1 aromatic rings. The SMILES string of the molecule is CCCN1CCN(c2ccc(C(=O)NC3(C(=O)N4C[C@H](N)[C@H]5OCC(=O)[C@H]54)CCCC3)cc2)CC1. The molecule has 1 saturated carbocycles. The summed E-state index contributed by atoms with van der Waals surface area (Å²) in [6, 6.07) is 6.64. The second kappa shape index (κ2) is 9.87. The molecular weight excluding hydrogens is 446 g/mol. The van der Waals surface area contributed by atoms with Gasteiger partial charge in [-0.3, -0.25) is 19.3 Å². The quantitative estimate of drug-likeness (QED) is 0.615. The number of hydrogen-bond donors (Lipinski definition) is 2. The van der Waals surface area contributed by atoms with Crippen molar-refractivity contribution in [1.82, 2.24) is 15.1 Å². The molecule has 9 nitrogen and oxygen atoms in total. The molecule has 9 heteroatoms. The van der Waals surface area contributed by atoms with Crippen LogP contribution in [0.15, 0.2) is 24.3 Å². The Morgan fingerprint density at radius 3 is 2.46 bits per heavy atom. The van der Waals surface area contributed by atoms with Crippen LogP contribution in [-0.4, -0.2) is 97.0 Å². The molecule has 0 aromatic heterocycles. The lowest BCUT2D eigenvalue weighted by Gasteiger charge is -2.36. The molecule has 3 heterocycles. The van der Waals surface area contributed by atoms with Crippen LogP contribution in [0.2, 0.25) is 0 Å². The number of likely N-dealkylation sites (tertiary alicyclic amines) is 1. The van der Waals surface area contributed by atoms with Crippen LogP contribution in [0.25, 0.3) is 0 Å². The Morgan fingerprint density at radius 1 is 1.11 bits per heavy atom. The molecule has 0 unspecified atom stereocenters. The maximum absolute atomic E-state index is 13.7. The molecule has 4 aliphatic rings. The third kappa shape index (κ3) is 4.57. The third-order valence-electron chi connectivity index (χ3n) is 8.11. The van der Waals surface area contributed by atoms with Gasteiger partial charge in [-0.25, -0.2) is 0 Å². The second-order valence-corrected chi connectivity index (χ2v) is 10.4. The zero-order valence-electron chi connectivity index (χ0n) is 20.6. The number of nitrogens with one attached hydrogen (secondary N) is 1. The largest absolute Gasteiger partial charge is 0.369 e. The van der Waals surface area contributed by atoms with Crippen molar-refractivity contribution in [3.05, 3.63) is 29.8 Å². The van der Waals surface area contributed by atoms with Crippen molar-refractivity contribution in [1.29, 1.82) is 0 Å². The minimum absolute atomic E-state index is 0.00776. The van der Waals surface area contributed by atoms with Crippen LogP contribution < -0.4 is 16.0 Å². The number of anilines is 1. The van der Waals surface area contributed by atoms with E-state index >= 15 is 0 Å². The number of carbonyl (C=O) groups is 3. The summed E-state index contributed by atoms with van der Waals surface area (Å²) >= 11 is 0. The average molecular weight is 484 g/mol. The lowest BCUT2D eigenvalue weighted by atomic mass is 9.93. The normalized spacial score (nSPS) is 28.4. The molecule has 0 radical (unpaired) electrons. The van der Waals surface area contributed by atoms with Gasteiger partial charge in [0.25, 0.3) is 5.91 Å². The predicted molar refractivity (Wildman–Crippen MR) is 132 cm³/mol. The van der Waals surface area contributed by atoms with E-state index in [0.717, 1.165) is 51.3 Å². The number of amides is 2. The molecule has 3 N–H and O–H groups in total. The standard InChI is InChI=1S/C26H37N5O4/c1-2-11-29-12-14-30(15-13-29)19-7-5-18(6-8-19)24(33)28-26(9-3-4-10-26)25(34)31-16-20(27)23-22(31)21(32)17-35-23/h5-8,20,22-23H,2-4,9-17,27H2,1H3,(H,28,33)/t20-,22+,23+/m0/s1. The van der Waals surface area contributed by atoms with Crippen molar-refractivity contribution in [2.24, 2.45) is 5.73 Å². The number of Topliss-reactive ketones (excluding diaryl/α,β-unsaturated/α-hetero) is 1. The average Bonchev–Trinajstić information content (AvgIpc) is 3.58. The lowest BCUT2D eigenvalue weighted by molar-refractivity contribution is -0.142. The molecule has 5 rings (SSSR count). The van der Waals surface area contributed by atoms with E-state index in [4.69, 9.17) is 10.5 Å². The van der Waals surface area contributed by atoms with E-state index < -0.39 is 17.7 Å². The zero-order valence-corrected chi connectivity index (χ0v) is 20.6. The van der Waals surface area contributed by atoms with Crippen molar-refractivity contribution >= 4 is 23.3 Å². The highest BCUT2D eigenvalue weighted by Gasteiger charge is 2.55. The van der Waals surface area contributed by atoms with Crippen molar-refractivity contribution in [3.8, 4) is 0 Å². The third-order valence-corrected chi connectivity index (χ3v) is 8.11. The first-order chi connectivity index (χ1) is 16.9. The monoisotopic (exact) mass is 483 g/mol. The minimum Gasteiger partial charge on any atom is -0.369 e. The van der Waals surface area contributed by atoms with Gasteiger partial charge >= 0.3 is 0 Å². The summed E-state index contributed by atoms with van der Waals surface area (Å²) in [7, 11) is 0.